The van der Waals surface area contributed by atoms with Gasteiger partial charge in [0.1, 0.15) is 0 Å². The molecule has 2 bridgehead atoms. The number of nitrogens with one attached hydrogen (secondary N) is 1. The van der Waals surface area contributed by atoms with Crippen LogP contribution in [-0.4, -0.2) is 67.3 Å². The molecular formula is C13H26N4O. The normalized spacial score (nSPS) is 41.2. The van der Waals surface area contributed by atoms with Gasteiger partial charge in [-0.2, -0.15) is 0 Å². The van der Waals surface area contributed by atoms with Crippen LogP contribution in [0.25, 0.3) is 0 Å². The van der Waals surface area contributed by atoms with Crippen LogP contribution in [0.3, 0.4) is 0 Å². The average Bonchev–Trinajstić information content (AvgIpc) is 2.94. The zero-order chi connectivity index (χ0) is 12.4. The molecule has 0 spiro atoms. The first-order chi connectivity index (χ1) is 8.86. The molecule has 5 nitrogen and oxygen atoms in total. The standard InChI is InChI=1S/C13H26N4O/c14-15-12(4-3-11-2-1-9-18-11)13-10-16-5-7-17(13)8-6-16/h11-13,15H,1-10,14H2. The summed E-state index contributed by atoms with van der Waals surface area (Å²) in [5, 5.41) is 0. The van der Waals surface area contributed by atoms with E-state index in [1.165, 1.54) is 45.6 Å². The Bertz CT molecular complexity index is 262. The molecule has 4 fully saturated rings. The third-order valence-electron chi connectivity index (χ3n) is 4.82. The lowest BCUT2D eigenvalue weighted by Crippen LogP contribution is -2.67. The van der Waals surface area contributed by atoms with E-state index in [2.05, 4.69) is 15.2 Å². The first-order valence-electron chi connectivity index (χ1n) is 7.41. The van der Waals surface area contributed by atoms with Crippen LogP contribution in [0.4, 0.5) is 0 Å². The predicted octanol–water partition coefficient (Wildman–Crippen LogP) is -0.223. The van der Waals surface area contributed by atoms with E-state index in [4.69, 9.17) is 10.6 Å². The molecule has 0 aliphatic carbocycles. The second kappa shape index (κ2) is 5.84. The fraction of sp³-hybridized carbons (Fsp3) is 1.00. The summed E-state index contributed by atoms with van der Waals surface area (Å²) in [6, 6.07) is 1.01. The number of nitrogens with two attached hydrogens (primary N) is 1. The van der Waals surface area contributed by atoms with Gasteiger partial charge in [0.05, 0.1) is 6.10 Å². The molecule has 3 atom stereocenters. The molecule has 104 valence electrons. The fourth-order valence-electron chi connectivity index (χ4n) is 3.66. The third kappa shape index (κ3) is 2.70. The quantitative estimate of drug-likeness (QED) is 0.525. The van der Waals surface area contributed by atoms with Gasteiger partial charge >= 0.3 is 0 Å². The van der Waals surface area contributed by atoms with Crippen LogP contribution in [-0.2, 0) is 4.74 Å². The lowest BCUT2D eigenvalue weighted by atomic mass is 9.95. The molecule has 0 aromatic carbocycles. The maximum Gasteiger partial charge on any atom is 0.0576 e. The number of hydrogen-bond acceptors (Lipinski definition) is 5. The summed E-state index contributed by atoms with van der Waals surface area (Å²) in [6.45, 7) is 7.03. The molecule has 3 N–H and O–H groups in total. The highest BCUT2D eigenvalue weighted by Gasteiger charge is 2.36. The van der Waals surface area contributed by atoms with E-state index in [1.54, 1.807) is 0 Å². The summed E-state index contributed by atoms with van der Waals surface area (Å²) in [4.78, 5) is 5.18. The van der Waals surface area contributed by atoms with Gasteiger partial charge in [-0.15, -0.1) is 0 Å². The number of hydrogen-bond donors (Lipinski definition) is 2. The van der Waals surface area contributed by atoms with Crippen LogP contribution in [0.1, 0.15) is 25.7 Å². The van der Waals surface area contributed by atoms with Gasteiger partial charge in [-0.3, -0.25) is 21.1 Å². The lowest BCUT2D eigenvalue weighted by Gasteiger charge is -2.50. The minimum absolute atomic E-state index is 0.414. The van der Waals surface area contributed by atoms with Crippen molar-refractivity contribution in [3.63, 3.8) is 0 Å². The Balaban J connectivity index is 1.51. The van der Waals surface area contributed by atoms with E-state index < -0.39 is 0 Å². The number of rotatable bonds is 5. The van der Waals surface area contributed by atoms with E-state index >= 15 is 0 Å². The highest BCUT2D eigenvalue weighted by Crippen LogP contribution is 2.23. The number of ether oxygens (including phenoxy) is 1. The van der Waals surface area contributed by atoms with E-state index in [0.717, 1.165) is 19.4 Å². The zero-order valence-corrected chi connectivity index (χ0v) is 11.2. The Morgan fingerprint density at radius 3 is 2.67 bits per heavy atom. The summed E-state index contributed by atoms with van der Waals surface area (Å²) >= 11 is 0. The fourth-order valence-corrected chi connectivity index (χ4v) is 3.66. The smallest absolute Gasteiger partial charge is 0.0576 e. The maximum absolute atomic E-state index is 5.78. The van der Waals surface area contributed by atoms with Crippen molar-refractivity contribution in [2.45, 2.75) is 43.9 Å². The zero-order valence-electron chi connectivity index (χ0n) is 11.2. The van der Waals surface area contributed by atoms with Crippen molar-refractivity contribution in [3.05, 3.63) is 0 Å². The van der Waals surface area contributed by atoms with Crippen molar-refractivity contribution in [1.29, 1.82) is 0 Å². The molecular weight excluding hydrogens is 228 g/mol. The molecule has 0 aromatic heterocycles. The van der Waals surface area contributed by atoms with Crippen molar-refractivity contribution in [3.8, 4) is 0 Å². The Kier molecular flexibility index (Phi) is 4.16. The van der Waals surface area contributed by atoms with Gasteiger partial charge in [0.15, 0.2) is 0 Å². The van der Waals surface area contributed by atoms with Gasteiger partial charge in [-0.25, -0.2) is 0 Å². The molecule has 0 radical (unpaired) electrons. The summed E-state index contributed by atoms with van der Waals surface area (Å²) < 4.78 is 5.70. The minimum Gasteiger partial charge on any atom is -0.378 e. The van der Waals surface area contributed by atoms with Gasteiger partial charge in [0.25, 0.3) is 0 Å². The third-order valence-corrected chi connectivity index (χ3v) is 4.82. The first-order valence-corrected chi connectivity index (χ1v) is 7.41. The Hall–Kier alpha value is -0.200. The predicted molar refractivity (Wildman–Crippen MR) is 71.1 cm³/mol. The van der Waals surface area contributed by atoms with Crippen LogP contribution in [0.5, 0.6) is 0 Å². The van der Waals surface area contributed by atoms with Gasteiger partial charge in [-0.05, 0) is 25.7 Å². The van der Waals surface area contributed by atoms with Crippen LogP contribution in [0.2, 0.25) is 0 Å². The van der Waals surface area contributed by atoms with E-state index in [0.29, 0.717) is 18.2 Å². The highest BCUT2D eigenvalue weighted by molar-refractivity contribution is 4.94. The van der Waals surface area contributed by atoms with Crippen molar-refractivity contribution < 1.29 is 4.74 Å². The number of hydrazine groups is 1. The topological polar surface area (TPSA) is 53.8 Å². The van der Waals surface area contributed by atoms with Gasteiger partial charge in [0, 0.05) is 51.4 Å². The Labute approximate surface area is 110 Å². The van der Waals surface area contributed by atoms with Gasteiger partial charge in [0.2, 0.25) is 0 Å². The van der Waals surface area contributed by atoms with Crippen molar-refractivity contribution in [2.75, 3.05) is 39.3 Å². The minimum atomic E-state index is 0.414. The summed E-state index contributed by atoms with van der Waals surface area (Å²) in [5.41, 5.74) is 3.06. The van der Waals surface area contributed by atoms with E-state index in [-0.39, 0.29) is 0 Å². The van der Waals surface area contributed by atoms with Gasteiger partial charge < -0.3 is 4.74 Å². The number of nitrogens with zero attached hydrogens (tertiary/aromatic N) is 2. The van der Waals surface area contributed by atoms with Crippen LogP contribution in [0.15, 0.2) is 0 Å². The molecule has 0 aromatic rings. The molecule has 18 heavy (non-hydrogen) atoms. The Morgan fingerprint density at radius 2 is 2.11 bits per heavy atom. The number of fused-ring (bicyclic) bond motifs is 3. The largest absolute Gasteiger partial charge is 0.378 e. The molecule has 4 heterocycles. The van der Waals surface area contributed by atoms with Crippen molar-refractivity contribution >= 4 is 0 Å². The van der Waals surface area contributed by atoms with E-state index in [9.17, 15) is 0 Å². The summed E-state index contributed by atoms with van der Waals surface area (Å²) in [5.74, 6) is 5.78. The summed E-state index contributed by atoms with van der Waals surface area (Å²) in [6.07, 6.45) is 5.24. The van der Waals surface area contributed by atoms with Crippen LogP contribution < -0.4 is 11.3 Å². The SMILES string of the molecule is NNC(CCC1CCCO1)C1CN2CCN1CC2. The van der Waals surface area contributed by atoms with Gasteiger partial charge in [-0.1, -0.05) is 0 Å². The van der Waals surface area contributed by atoms with E-state index in [1.807, 2.05) is 0 Å². The maximum atomic E-state index is 5.78. The second-order valence-electron chi connectivity index (χ2n) is 5.89. The van der Waals surface area contributed by atoms with Crippen LogP contribution >= 0.6 is 0 Å². The second-order valence-corrected chi connectivity index (χ2v) is 5.89. The molecule has 4 aliphatic heterocycles. The molecule has 4 saturated heterocycles. The average molecular weight is 254 g/mol. The molecule has 0 amide bonds. The first kappa shape index (κ1) is 12.8. The molecule has 5 heteroatoms. The summed E-state index contributed by atoms with van der Waals surface area (Å²) in [7, 11) is 0. The van der Waals surface area contributed by atoms with Crippen molar-refractivity contribution in [1.82, 2.24) is 15.2 Å². The highest BCUT2D eigenvalue weighted by atomic mass is 16.5. The lowest BCUT2D eigenvalue weighted by molar-refractivity contribution is -0.00725. The molecule has 3 unspecified atom stereocenters. The monoisotopic (exact) mass is 254 g/mol. The Morgan fingerprint density at radius 1 is 1.28 bits per heavy atom. The molecule has 4 aliphatic rings. The van der Waals surface area contributed by atoms with Crippen LogP contribution in [0, 0.1) is 0 Å². The molecule has 0 saturated carbocycles. The number of piperazine rings is 3. The van der Waals surface area contributed by atoms with Crippen molar-refractivity contribution in [2.24, 2.45) is 5.84 Å². The molecule has 4 rings (SSSR count).